The molecule has 3 aliphatic rings. The maximum Gasteiger partial charge on any atom is 0.417 e. The van der Waals surface area contributed by atoms with E-state index >= 15 is 0 Å². The molecule has 39 heavy (non-hydrogen) atoms. The molecule has 11 heteroatoms. The molecule has 11 nitrogen and oxygen atoms in total. The predicted molar refractivity (Wildman–Crippen MR) is 146 cm³/mol. The third-order valence-electron chi connectivity index (χ3n) is 7.81. The number of aromatic amines is 1. The van der Waals surface area contributed by atoms with Crippen molar-refractivity contribution in [2.75, 3.05) is 54.4 Å². The van der Waals surface area contributed by atoms with Crippen LogP contribution in [0.25, 0.3) is 11.1 Å². The van der Waals surface area contributed by atoms with Gasteiger partial charge in [0.15, 0.2) is 5.58 Å². The Balaban J connectivity index is 0.903. The molecule has 2 fully saturated rings. The fourth-order valence-electron chi connectivity index (χ4n) is 5.81. The average Bonchev–Trinajstić information content (AvgIpc) is 3.64. The standard InChI is InChI=1S/C28H29N7O4/c36-27-32-24-6-5-21(13-25(24)39-27)35-17-23(38-28(35)37)16-33-7-9-34(10-8-33)22-14-29-26(30-15-22)31-20-11-18-3-1-2-4-19(18)12-20/h1-6,13-15,20,23H,7-12,16-17H2,(H,32,36)(H,29,30,31)/t23-/m0/s1. The molecule has 1 amide bonds. The van der Waals surface area contributed by atoms with E-state index in [-0.39, 0.29) is 12.2 Å². The summed E-state index contributed by atoms with van der Waals surface area (Å²) in [6, 6.07) is 14.1. The van der Waals surface area contributed by atoms with Crippen LogP contribution in [0.1, 0.15) is 11.1 Å². The molecule has 1 atom stereocenters. The molecule has 4 aromatic rings. The summed E-state index contributed by atoms with van der Waals surface area (Å²) < 4.78 is 10.8. The average molecular weight is 528 g/mol. The van der Waals surface area contributed by atoms with Gasteiger partial charge in [-0.2, -0.15) is 0 Å². The number of cyclic esters (lactones) is 1. The molecule has 200 valence electrons. The molecule has 1 aliphatic carbocycles. The molecule has 2 saturated heterocycles. The summed E-state index contributed by atoms with van der Waals surface area (Å²) in [6.07, 6.45) is 5.17. The lowest BCUT2D eigenvalue weighted by atomic mass is 10.1. The van der Waals surface area contributed by atoms with Gasteiger partial charge in [-0.1, -0.05) is 24.3 Å². The molecule has 0 unspecified atom stereocenters. The van der Waals surface area contributed by atoms with Crippen LogP contribution in [0.4, 0.5) is 22.1 Å². The molecule has 0 spiro atoms. The lowest BCUT2D eigenvalue weighted by Crippen LogP contribution is -2.49. The number of hydrogen-bond donors (Lipinski definition) is 2. The van der Waals surface area contributed by atoms with E-state index in [0.29, 0.717) is 41.9 Å². The lowest BCUT2D eigenvalue weighted by Gasteiger charge is -2.36. The van der Waals surface area contributed by atoms with Crippen molar-refractivity contribution < 1.29 is 13.9 Å². The SMILES string of the molecule is O=C1O[C@@H](CN2CCN(c3cnc(NC4Cc5ccccc5C4)nc3)CC2)CN1c1ccc2[nH]c(=O)oc2c1. The van der Waals surface area contributed by atoms with Crippen molar-refractivity contribution in [1.29, 1.82) is 0 Å². The van der Waals surface area contributed by atoms with Gasteiger partial charge in [0.2, 0.25) is 5.95 Å². The van der Waals surface area contributed by atoms with E-state index in [1.54, 1.807) is 23.1 Å². The summed E-state index contributed by atoms with van der Waals surface area (Å²) >= 11 is 0. The zero-order valence-corrected chi connectivity index (χ0v) is 21.4. The Hall–Kier alpha value is -4.38. The van der Waals surface area contributed by atoms with Gasteiger partial charge in [-0.05, 0) is 36.1 Å². The van der Waals surface area contributed by atoms with Crippen LogP contribution in [0.15, 0.2) is 64.1 Å². The summed E-state index contributed by atoms with van der Waals surface area (Å²) in [5.74, 6) is 0.151. The van der Waals surface area contributed by atoms with Crippen LogP contribution in [0.2, 0.25) is 0 Å². The van der Waals surface area contributed by atoms with Crippen LogP contribution in [0.5, 0.6) is 0 Å². The minimum Gasteiger partial charge on any atom is -0.443 e. The van der Waals surface area contributed by atoms with E-state index in [0.717, 1.165) is 44.7 Å². The van der Waals surface area contributed by atoms with Crippen molar-refractivity contribution in [1.82, 2.24) is 19.9 Å². The highest BCUT2D eigenvalue weighted by molar-refractivity contribution is 5.92. The van der Waals surface area contributed by atoms with Crippen molar-refractivity contribution in [3.05, 3.63) is 76.5 Å². The Morgan fingerprint density at radius 3 is 2.44 bits per heavy atom. The number of benzene rings is 2. The molecule has 7 rings (SSSR count). The minimum atomic E-state index is -0.516. The maximum absolute atomic E-state index is 12.6. The van der Waals surface area contributed by atoms with Gasteiger partial charge in [0.25, 0.3) is 0 Å². The number of rotatable bonds is 6. The van der Waals surface area contributed by atoms with Crippen molar-refractivity contribution in [3.8, 4) is 0 Å². The van der Waals surface area contributed by atoms with Crippen molar-refractivity contribution in [2.24, 2.45) is 0 Å². The molecule has 2 aromatic heterocycles. The highest BCUT2D eigenvalue weighted by atomic mass is 16.6. The summed E-state index contributed by atoms with van der Waals surface area (Å²) in [5, 5.41) is 3.48. The first-order valence-electron chi connectivity index (χ1n) is 13.3. The maximum atomic E-state index is 12.6. The highest BCUT2D eigenvalue weighted by Crippen LogP contribution is 2.26. The number of hydrogen-bond acceptors (Lipinski definition) is 9. The number of oxazole rings is 1. The number of carbonyl (C=O) groups is 1. The van der Waals surface area contributed by atoms with Crippen LogP contribution in [-0.4, -0.2) is 77.4 Å². The van der Waals surface area contributed by atoms with E-state index in [4.69, 9.17) is 9.15 Å². The number of amides is 1. The van der Waals surface area contributed by atoms with Gasteiger partial charge in [0, 0.05) is 44.8 Å². The van der Waals surface area contributed by atoms with Crippen LogP contribution in [0.3, 0.4) is 0 Å². The number of ether oxygens (including phenoxy) is 1. The first-order chi connectivity index (χ1) is 19.1. The van der Waals surface area contributed by atoms with E-state index in [1.165, 1.54) is 11.1 Å². The largest absolute Gasteiger partial charge is 0.443 e. The third kappa shape index (κ3) is 4.81. The molecule has 2 N–H and O–H groups in total. The Labute approximate surface area is 224 Å². The van der Waals surface area contributed by atoms with Gasteiger partial charge in [0.05, 0.1) is 35.8 Å². The smallest absolute Gasteiger partial charge is 0.417 e. The number of carbonyl (C=O) groups excluding carboxylic acids is 1. The van der Waals surface area contributed by atoms with Gasteiger partial charge < -0.3 is 19.4 Å². The van der Waals surface area contributed by atoms with Crippen LogP contribution >= 0.6 is 0 Å². The molecule has 2 aromatic carbocycles. The van der Waals surface area contributed by atoms with Crippen LogP contribution in [-0.2, 0) is 17.6 Å². The monoisotopic (exact) mass is 527 g/mol. The minimum absolute atomic E-state index is 0.228. The normalized spacial score (nSPS) is 20.0. The van der Waals surface area contributed by atoms with Gasteiger partial charge in [-0.3, -0.25) is 14.8 Å². The van der Waals surface area contributed by atoms with E-state index in [2.05, 4.69) is 54.3 Å². The second kappa shape index (κ2) is 9.73. The Kier molecular flexibility index (Phi) is 5.92. The number of piperazine rings is 1. The first kappa shape index (κ1) is 23.7. The highest BCUT2D eigenvalue weighted by Gasteiger charge is 2.34. The van der Waals surface area contributed by atoms with Crippen molar-refractivity contribution in [2.45, 2.75) is 25.0 Å². The Morgan fingerprint density at radius 1 is 0.949 bits per heavy atom. The van der Waals surface area contributed by atoms with Crippen molar-refractivity contribution >= 4 is 34.5 Å². The van der Waals surface area contributed by atoms with Crippen LogP contribution < -0.4 is 20.9 Å². The lowest BCUT2D eigenvalue weighted by molar-refractivity contribution is 0.106. The fraction of sp³-hybridized carbons (Fsp3) is 0.357. The van der Waals surface area contributed by atoms with E-state index < -0.39 is 5.76 Å². The van der Waals surface area contributed by atoms with Crippen molar-refractivity contribution in [3.63, 3.8) is 0 Å². The van der Waals surface area contributed by atoms with Gasteiger partial charge in [-0.25, -0.2) is 19.6 Å². The number of fused-ring (bicyclic) bond motifs is 2. The predicted octanol–water partition coefficient (Wildman–Crippen LogP) is 2.64. The topological polar surface area (TPSA) is 120 Å². The zero-order chi connectivity index (χ0) is 26.3. The third-order valence-corrected chi connectivity index (χ3v) is 7.81. The quantitative estimate of drug-likeness (QED) is 0.390. The second-order valence-corrected chi connectivity index (χ2v) is 10.4. The van der Waals surface area contributed by atoms with Gasteiger partial charge in [-0.15, -0.1) is 0 Å². The van der Waals surface area contributed by atoms with E-state index in [1.807, 2.05) is 12.4 Å². The summed E-state index contributed by atoms with van der Waals surface area (Å²) in [4.78, 5) is 42.0. The van der Waals surface area contributed by atoms with Gasteiger partial charge >= 0.3 is 11.8 Å². The molecule has 0 bridgehead atoms. The number of aromatic nitrogens is 3. The molecule has 0 saturated carbocycles. The fourth-order valence-corrected chi connectivity index (χ4v) is 5.81. The molecule has 0 radical (unpaired) electrons. The molecule has 2 aliphatic heterocycles. The summed E-state index contributed by atoms with van der Waals surface area (Å²) in [7, 11) is 0. The molecular weight excluding hydrogens is 498 g/mol. The summed E-state index contributed by atoms with van der Waals surface area (Å²) in [6.45, 7) is 4.53. The number of nitrogens with zero attached hydrogens (tertiary/aromatic N) is 5. The Morgan fingerprint density at radius 2 is 1.69 bits per heavy atom. The molecule has 4 heterocycles. The second-order valence-electron chi connectivity index (χ2n) is 10.4. The summed E-state index contributed by atoms with van der Waals surface area (Å²) in [5.41, 5.74) is 5.48. The first-order valence-corrected chi connectivity index (χ1v) is 13.3. The molecular formula is C28H29N7O4. The number of nitrogens with one attached hydrogen (secondary N) is 2. The van der Waals surface area contributed by atoms with Gasteiger partial charge in [0.1, 0.15) is 6.10 Å². The van der Waals surface area contributed by atoms with Crippen LogP contribution in [0, 0.1) is 0 Å². The van der Waals surface area contributed by atoms with E-state index in [9.17, 15) is 9.59 Å². The zero-order valence-electron chi connectivity index (χ0n) is 21.4. The number of H-pyrrole nitrogens is 1. The number of anilines is 3. The Bertz CT molecular complexity index is 1530.